The summed E-state index contributed by atoms with van der Waals surface area (Å²) in [6, 6.07) is -1.54. The Morgan fingerprint density at radius 3 is 2.53 bits per heavy atom. The smallest absolute Gasteiger partial charge is 0.326 e. The number of rotatable bonds is 8. The average molecular weight is 273 g/mol. The normalized spacial score (nSPS) is 17.1. The molecule has 0 aromatic rings. The van der Waals surface area contributed by atoms with Gasteiger partial charge in [0.2, 0.25) is 0 Å². The minimum Gasteiger partial charge on any atom is -0.480 e. The van der Waals surface area contributed by atoms with Gasteiger partial charge < -0.3 is 25.7 Å². The number of hydrogen-bond donors (Lipinski definition) is 4. The number of likely N-dealkylation sites (tertiary alicyclic amines) is 1. The number of aliphatic carboxylic acids is 1. The van der Waals surface area contributed by atoms with Crippen LogP contribution in [-0.4, -0.2) is 65.9 Å². The molecule has 0 spiro atoms. The minimum atomic E-state index is -1.14. The molecule has 1 aliphatic heterocycles. The number of aliphatic hydroxyl groups excluding tert-OH is 1. The maximum Gasteiger partial charge on any atom is 0.326 e. The summed E-state index contributed by atoms with van der Waals surface area (Å²) in [4.78, 5) is 24.6. The van der Waals surface area contributed by atoms with Crippen molar-refractivity contribution in [2.24, 2.45) is 0 Å². The molecule has 0 saturated carbocycles. The quantitative estimate of drug-likeness (QED) is 0.451. The summed E-state index contributed by atoms with van der Waals surface area (Å²) in [6.45, 7) is 3.47. The number of hydrogen-bond acceptors (Lipinski definition) is 4. The predicted molar refractivity (Wildman–Crippen MR) is 70.0 cm³/mol. The fourth-order valence-corrected chi connectivity index (χ4v) is 2.11. The molecule has 0 radical (unpaired) electrons. The Kier molecular flexibility index (Phi) is 7.20. The van der Waals surface area contributed by atoms with Gasteiger partial charge in [0, 0.05) is 19.6 Å². The molecule has 1 atom stereocenters. The maximum atomic E-state index is 11.4. The van der Waals surface area contributed by atoms with Crippen LogP contribution in [0.15, 0.2) is 0 Å². The second-order valence-corrected chi connectivity index (χ2v) is 4.71. The van der Waals surface area contributed by atoms with Crippen molar-refractivity contribution in [3.05, 3.63) is 0 Å². The minimum absolute atomic E-state index is 0.0104. The lowest BCUT2D eigenvalue weighted by molar-refractivity contribution is -0.139. The maximum absolute atomic E-state index is 11.4. The summed E-state index contributed by atoms with van der Waals surface area (Å²) in [6.07, 6.45) is 3.35. The molecule has 4 N–H and O–H groups in total. The third-order valence-corrected chi connectivity index (χ3v) is 3.16. The van der Waals surface area contributed by atoms with Crippen LogP contribution in [0.4, 0.5) is 4.79 Å². The van der Waals surface area contributed by atoms with Crippen LogP contribution in [0.25, 0.3) is 0 Å². The number of nitrogens with zero attached hydrogens (tertiary/aromatic N) is 1. The van der Waals surface area contributed by atoms with Crippen LogP contribution in [0, 0.1) is 0 Å². The molecule has 1 saturated heterocycles. The molecule has 2 amide bonds. The number of nitrogens with one attached hydrogen (secondary N) is 2. The van der Waals surface area contributed by atoms with E-state index in [2.05, 4.69) is 15.5 Å². The van der Waals surface area contributed by atoms with Gasteiger partial charge in [-0.2, -0.15) is 0 Å². The van der Waals surface area contributed by atoms with Crippen molar-refractivity contribution >= 4 is 12.0 Å². The van der Waals surface area contributed by atoms with Gasteiger partial charge in [-0.1, -0.05) is 0 Å². The largest absolute Gasteiger partial charge is 0.480 e. The van der Waals surface area contributed by atoms with E-state index in [4.69, 9.17) is 10.2 Å². The van der Waals surface area contributed by atoms with E-state index in [9.17, 15) is 9.59 Å². The van der Waals surface area contributed by atoms with Crippen LogP contribution in [0.3, 0.4) is 0 Å². The molecule has 0 aliphatic carbocycles. The third-order valence-electron chi connectivity index (χ3n) is 3.16. The van der Waals surface area contributed by atoms with E-state index in [1.807, 2.05) is 0 Å². The van der Waals surface area contributed by atoms with Crippen molar-refractivity contribution in [1.29, 1.82) is 0 Å². The van der Waals surface area contributed by atoms with Crippen molar-refractivity contribution in [2.45, 2.75) is 31.7 Å². The van der Waals surface area contributed by atoms with Crippen LogP contribution in [-0.2, 0) is 4.79 Å². The predicted octanol–water partition coefficient (Wildman–Crippen LogP) is -0.393. The molecular formula is C12H23N3O4. The van der Waals surface area contributed by atoms with Crippen molar-refractivity contribution in [2.75, 3.05) is 32.8 Å². The highest BCUT2D eigenvalue weighted by atomic mass is 16.4. The molecule has 0 bridgehead atoms. The second kappa shape index (κ2) is 8.71. The number of aliphatic hydroxyl groups is 1. The van der Waals surface area contributed by atoms with E-state index in [-0.39, 0.29) is 13.0 Å². The summed E-state index contributed by atoms with van der Waals surface area (Å²) in [7, 11) is 0. The summed E-state index contributed by atoms with van der Waals surface area (Å²) in [5, 5.41) is 22.5. The highest BCUT2D eigenvalue weighted by Crippen LogP contribution is 2.06. The van der Waals surface area contributed by atoms with Gasteiger partial charge >= 0.3 is 12.0 Å². The second-order valence-electron chi connectivity index (χ2n) is 4.71. The summed E-state index contributed by atoms with van der Waals surface area (Å²) in [5.41, 5.74) is 0. The lowest BCUT2D eigenvalue weighted by Gasteiger charge is -2.16. The zero-order chi connectivity index (χ0) is 14.1. The fraction of sp³-hybridized carbons (Fsp3) is 0.833. The molecular weight excluding hydrogens is 250 g/mol. The summed E-state index contributed by atoms with van der Waals surface area (Å²) >= 11 is 0. The third kappa shape index (κ3) is 6.40. The number of carbonyl (C=O) groups excluding carboxylic acids is 1. The van der Waals surface area contributed by atoms with Crippen LogP contribution < -0.4 is 10.6 Å². The average Bonchev–Trinajstić information content (AvgIpc) is 2.87. The highest BCUT2D eigenvalue weighted by Gasteiger charge is 2.18. The summed E-state index contributed by atoms with van der Waals surface area (Å²) < 4.78 is 0. The van der Waals surface area contributed by atoms with Gasteiger partial charge in [-0.05, 0) is 38.9 Å². The highest BCUT2D eigenvalue weighted by molar-refractivity contribution is 5.82. The standard InChI is InChI=1S/C12H23N3O4/c16-9-4-10(11(17)18)14-12(19)13-5-3-8-15-6-1-2-7-15/h10,16H,1-9H2,(H,17,18)(H2,13,14,19)/t10-/m0/s1. The molecule has 0 unspecified atom stereocenters. The van der Waals surface area contributed by atoms with E-state index in [0.717, 1.165) is 26.1 Å². The van der Waals surface area contributed by atoms with Gasteiger partial charge in [0.25, 0.3) is 0 Å². The Balaban J connectivity index is 2.10. The zero-order valence-electron chi connectivity index (χ0n) is 11.1. The van der Waals surface area contributed by atoms with Crippen LogP contribution in [0.5, 0.6) is 0 Å². The first-order chi connectivity index (χ1) is 9.13. The molecule has 1 rings (SSSR count). The Bertz CT molecular complexity index is 293. The number of urea groups is 1. The van der Waals surface area contributed by atoms with Gasteiger partial charge in [-0.25, -0.2) is 9.59 Å². The molecule has 1 heterocycles. The first kappa shape index (κ1) is 15.7. The van der Waals surface area contributed by atoms with Crippen LogP contribution in [0.2, 0.25) is 0 Å². The topological polar surface area (TPSA) is 102 Å². The zero-order valence-corrected chi connectivity index (χ0v) is 11.1. The van der Waals surface area contributed by atoms with Gasteiger partial charge in [-0.3, -0.25) is 0 Å². The van der Waals surface area contributed by atoms with Gasteiger partial charge in [0.05, 0.1) is 0 Å². The van der Waals surface area contributed by atoms with Crippen molar-refractivity contribution in [1.82, 2.24) is 15.5 Å². The monoisotopic (exact) mass is 273 g/mol. The number of amides is 2. The molecule has 1 aliphatic rings. The Hall–Kier alpha value is -1.34. The SMILES string of the molecule is O=C(NCCCN1CCCC1)N[C@@H](CCO)C(=O)O. The van der Waals surface area contributed by atoms with E-state index in [1.165, 1.54) is 12.8 Å². The van der Waals surface area contributed by atoms with Gasteiger partial charge in [-0.15, -0.1) is 0 Å². The Morgan fingerprint density at radius 2 is 1.95 bits per heavy atom. The molecule has 7 heteroatoms. The van der Waals surface area contributed by atoms with Crippen LogP contribution >= 0.6 is 0 Å². The lowest BCUT2D eigenvalue weighted by Crippen LogP contribution is -2.46. The molecule has 19 heavy (non-hydrogen) atoms. The van der Waals surface area contributed by atoms with E-state index in [0.29, 0.717) is 6.54 Å². The Labute approximate surface area is 113 Å². The molecule has 7 nitrogen and oxygen atoms in total. The Morgan fingerprint density at radius 1 is 1.26 bits per heavy atom. The lowest BCUT2D eigenvalue weighted by atomic mass is 10.2. The number of carboxylic acids is 1. The van der Waals surface area contributed by atoms with E-state index in [1.54, 1.807) is 0 Å². The summed E-state index contributed by atoms with van der Waals surface area (Å²) in [5.74, 6) is -1.14. The molecule has 110 valence electrons. The first-order valence-corrected chi connectivity index (χ1v) is 6.74. The van der Waals surface area contributed by atoms with Crippen molar-refractivity contribution < 1.29 is 19.8 Å². The number of carboxylic acid groups (broad SMARTS) is 1. The van der Waals surface area contributed by atoms with Crippen LogP contribution in [0.1, 0.15) is 25.7 Å². The first-order valence-electron chi connectivity index (χ1n) is 6.74. The van der Waals surface area contributed by atoms with Crippen molar-refractivity contribution in [3.8, 4) is 0 Å². The molecule has 1 fully saturated rings. The fourth-order valence-electron chi connectivity index (χ4n) is 2.11. The van der Waals surface area contributed by atoms with Gasteiger partial charge in [0.15, 0.2) is 0 Å². The van der Waals surface area contributed by atoms with E-state index < -0.39 is 18.0 Å². The van der Waals surface area contributed by atoms with Gasteiger partial charge in [0.1, 0.15) is 6.04 Å². The molecule has 0 aromatic carbocycles. The van der Waals surface area contributed by atoms with E-state index >= 15 is 0 Å². The number of carbonyl (C=O) groups is 2. The molecule has 0 aromatic heterocycles. The van der Waals surface area contributed by atoms with Crippen molar-refractivity contribution in [3.63, 3.8) is 0 Å².